The summed E-state index contributed by atoms with van der Waals surface area (Å²) in [5.41, 5.74) is 7.08. The highest BCUT2D eigenvalue weighted by molar-refractivity contribution is 5.03. The van der Waals surface area contributed by atoms with Crippen LogP contribution in [0.1, 0.15) is 32.4 Å². The van der Waals surface area contributed by atoms with Gasteiger partial charge in [0.05, 0.1) is 0 Å². The first kappa shape index (κ1) is 14.1. The van der Waals surface area contributed by atoms with Crippen LogP contribution in [0, 0.1) is 0 Å². The van der Waals surface area contributed by atoms with Crippen LogP contribution in [0.3, 0.4) is 0 Å². The molecule has 0 aliphatic heterocycles. The third-order valence-electron chi connectivity index (χ3n) is 2.84. The average Bonchev–Trinajstić information content (AvgIpc) is 2.26. The van der Waals surface area contributed by atoms with E-state index in [-0.39, 0.29) is 5.54 Å². The molecule has 0 fully saturated rings. The van der Waals surface area contributed by atoms with Crippen LogP contribution >= 0.6 is 0 Å². The van der Waals surface area contributed by atoms with Crippen molar-refractivity contribution in [3.8, 4) is 0 Å². The molecule has 1 aromatic heterocycles. The van der Waals surface area contributed by atoms with Crippen molar-refractivity contribution in [3.05, 3.63) is 30.1 Å². The summed E-state index contributed by atoms with van der Waals surface area (Å²) in [5, 5.41) is 0. The Morgan fingerprint density at radius 1 is 1.29 bits per heavy atom. The molecule has 1 heterocycles. The third-order valence-corrected chi connectivity index (χ3v) is 2.84. The van der Waals surface area contributed by atoms with Crippen molar-refractivity contribution in [3.63, 3.8) is 0 Å². The number of hydrogen-bond acceptors (Lipinski definition) is 3. The van der Waals surface area contributed by atoms with Crippen LogP contribution in [0.2, 0.25) is 0 Å². The summed E-state index contributed by atoms with van der Waals surface area (Å²) < 4.78 is 0. The molecule has 1 rings (SSSR count). The topological polar surface area (TPSA) is 42.1 Å². The van der Waals surface area contributed by atoms with E-state index in [9.17, 15) is 0 Å². The summed E-state index contributed by atoms with van der Waals surface area (Å²) in [5.74, 6) is 0. The highest BCUT2D eigenvalue weighted by Gasteiger charge is 2.10. The van der Waals surface area contributed by atoms with E-state index in [2.05, 4.69) is 36.8 Å². The van der Waals surface area contributed by atoms with E-state index in [0.29, 0.717) is 0 Å². The first-order chi connectivity index (χ1) is 7.97. The summed E-state index contributed by atoms with van der Waals surface area (Å²) in [7, 11) is 2.16. The lowest BCUT2D eigenvalue weighted by Crippen LogP contribution is -2.33. The fraction of sp³-hybridized carbons (Fsp3) is 0.643. The van der Waals surface area contributed by atoms with Gasteiger partial charge in [-0.25, -0.2) is 0 Å². The highest BCUT2D eigenvalue weighted by atomic mass is 15.1. The van der Waals surface area contributed by atoms with Gasteiger partial charge in [0.1, 0.15) is 0 Å². The molecule has 0 saturated carbocycles. The number of nitrogens with zero attached hydrogens (tertiary/aromatic N) is 2. The van der Waals surface area contributed by atoms with Gasteiger partial charge in [-0.2, -0.15) is 0 Å². The van der Waals surface area contributed by atoms with Crippen molar-refractivity contribution in [1.82, 2.24) is 9.88 Å². The Labute approximate surface area is 105 Å². The van der Waals surface area contributed by atoms with E-state index < -0.39 is 0 Å². The fourth-order valence-electron chi connectivity index (χ4n) is 1.77. The zero-order valence-corrected chi connectivity index (χ0v) is 11.3. The van der Waals surface area contributed by atoms with Gasteiger partial charge < -0.3 is 10.6 Å². The van der Waals surface area contributed by atoms with Crippen LogP contribution < -0.4 is 5.73 Å². The molecule has 0 aromatic carbocycles. The van der Waals surface area contributed by atoms with Crippen LogP contribution in [0.4, 0.5) is 0 Å². The first-order valence-corrected chi connectivity index (χ1v) is 6.35. The van der Waals surface area contributed by atoms with Gasteiger partial charge in [-0.15, -0.1) is 0 Å². The van der Waals surface area contributed by atoms with Gasteiger partial charge in [-0.05, 0) is 52.4 Å². The predicted octanol–water partition coefficient (Wildman–Crippen LogP) is 2.07. The lowest BCUT2D eigenvalue weighted by molar-refractivity contribution is 0.312. The van der Waals surface area contributed by atoms with Crippen LogP contribution in [-0.2, 0) is 6.42 Å². The first-order valence-electron chi connectivity index (χ1n) is 6.35. The second-order valence-corrected chi connectivity index (χ2v) is 5.47. The Morgan fingerprint density at radius 2 is 2.06 bits per heavy atom. The number of likely N-dealkylation sites (N-methyl/N-ethyl adjacent to an activating group) is 1. The molecule has 0 spiro atoms. The Morgan fingerprint density at radius 3 is 2.65 bits per heavy atom. The SMILES string of the molecule is CN(CCCC(C)(C)N)CCc1ccccn1. The van der Waals surface area contributed by atoms with Gasteiger partial charge >= 0.3 is 0 Å². The summed E-state index contributed by atoms with van der Waals surface area (Å²) in [6.45, 7) is 6.33. The molecular formula is C14H25N3. The molecule has 0 aliphatic rings. The second-order valence-electron chi connectivity index (χ2n) is 5.47. The molecule has 0 unspecified atom stereocenters. The smallest absolute Gasteiger partial charge is 0.0416 e. The summed E-state index contributed by atoms with van der Waals surface area (Å²) in [6.07, 6.45) is 5.10. The fourth-order valence-corrected chi connectivity index (χ4v) is 1.77. The number of rotatable bonds is 7. The van der Waals surface area contributed by atoms with Crippen molar-refractivity contribution in [2.24, 2.45) is 5.73 Å². The molecule has 0 atom stereocenters. The zero-order valence-electron chi connectivity index (χ0n) is 11.3. The maximum Gasteiger partial charge on any atom is 0.0416 e. The van der Waals surface area contributed by atoms with Gasteiger partial charge in [-0.1, -0.05) is 6.07 Å². The average molecular weight is 235 g/mol. The monoisotopic (exact) mass is 235 g/mol. The highest BCUT2D eigenvalue weighted by Crippen LogP contribution is 2.07. The zero-order chi connectivity index (χ0) is 12.7. The van der Waals surface area contributed by atoms with Crippen LogP contribution in [0.25, 0.3) is 0 Å². The molecule has 17 heavy (non-hydrogen) atoms. The minimum absolute atomic E-state index is 0.0399. The second kappa shape index (κ2) is 6.72. The summed E-state index contributed by atoms with van der Waals surface area (Å²) in [6, 6.07) is 6.08. The molecule has 3 nitrogen and oxygen atoms in total. The van der Waals surface area contributed by atoms with Crippen LogP contribution in [0.15, 0.2) is 24.4 Å². The molecule has 96 valence electrons. The quantitative estimate of drug-likeness (QED) is 0.786. The van der Waals surface area contributed by atoms with E-state index in [4.69, 9.17) is 5.73 Å². The Hall–Kier alpha value is -0.930. The maximum absolute atomic E-state index is 5.96. The van der Waals surface area contributed by atoms with E-state index in [1.165, 1.54) is 5.69 Å². The van der Waals surface area contributed by atoms with E-state index in [1.54, 1.807) is 0 Å². The van der Waals surface area contributed by atoms with Crippen LogP contribution in [0.5, 0.6) is 0 Å². The Bertz CT molecular complexity index is 303. The molecule has 0 aliphatic carbocycles. The number of pyridine rings is 1. The minimum atomic E-state index is -0.0399. The number of hydrogen-bond donors (Lipinski definition) is 1. The summed E-state index contributed by atoms with van der Waals surface area (Å²) >= 11 is 0. The van der Waals surface area contributed by atoms with Gasteiger partial charge in [0.2, 0.25) is 0 Å². The van der Waals surface area contributed by atoms with E-state index in [1.807, 2.05) is 18.3 Å². The summed E-state index contributed by atoms with van der Waals surface area (Å²) in [4.78, 5) is 6.67. The molecule has 0 radical (unpaired) electrons. The van der Waals surface area contributed by atoms with Gasteiger partial charge in [0.15, 0.2) is 0 Å². The molecule has 0 saturated heterocycles. The minimum Gasteiger partial charge on any atom is -0.326 e. The predicted molar refractivity (Wildman–Crippen MR) is 72.9 cm³/mol. The van der Waals surface area contributed by atoms with Crippen molar-refractivity contribution in [2.45, 2.75) is 38.6 Å². The molecule has 1 aromatic rings. The van der Waals surface area contributed by atoms with Gasteiger partial charge in [-0.3, -0.25) is 4.98 Å². The van der Waals surface area contributed by atoms with Crippen molar-refractivity contribution in [1.29, 1.82) is 0 Å². The van der Waals surface area contributed by atoms with E-state index in [0.717, 1.165) is 32.4 Å². The number of aromatic nitrogens is 1. The molecule has 0 amide bonds. The number of nitrogens with two attached hydrogens (primary N) is 1. The van der Waals surface area contributed by atoms with E-state index >= 15 is 0 Å². The van der Waals surface area contributed by atoms with Gasteiger partial charge in [0.25, 0.3) is 0 Å². The standard InChI is InChI=1S/C14H25N3/c1-14(2,15)9-6-11-17(3)12-8-13-7-4-5-10-16-13/h4-5,7,10H,6,8-9,11-12,15H2,1-3H3. The molecule has 2 N–H and O–H groups in total. The largest absolute Gasteiger partial charge is 0.326 e. The molecule has 3 heteroatoms. The maximum atomic E-state index is 5.96. The molecular weight excluding hydrogens is 210 g/mol. The Kier molecular flexibility index (Phi) is 5.59. The lowest BCUT2D eigenvalue weighted by Gasteiger charge is -2.21. The van der Waals surface area contributed by atoms with Gasteiger partial charge in [0, 0.05) is 30.4 Å². The normalized spacial score (nSPS) is 12.1. The Balaban J connectivity index is 2.15. The third kappa shape index (κ3) is 7.08. The molecule has 0 bridgehead atoms. The van der Waals surface area contributed by atoms with Crippen molar-refractivity contribution >= 4 is 0 Å². The van der Waals surface area contributed by atoms with Crippen molar-refractivity contribution < 1.29 is 0 Å². The lowest BCUT2D eigenvalue weighted by atomic mass is 10.00. The van der Waals surface area contributed by atoms with Crippen LogP contribution in [-0.4, -0.2) is 35.6 Å². The van der Waals surface area contributed by atoms with Crippen molar-refractivity contribution in [2.75, 3.05) is 20.1 Å².